The van der Waals surface area contributed by atoms with Gasteiger partial charge in [-0.15, -0.1) is 0 Å². The highest BCUT2D eigenvalue weighted by Gasteiger charge is 2.07. The maximum absolute atomic E-state index is 9.83. The number of hydrogen-bond donors (Lipinski definition) is 1. The molecule has 97 valence electrons. The zero-order valence-electron chi connectivity index (χ0n) is 11.2. The van der Waals surface area contributed by atoms with Crippen LogP contribution in [0.5, 0.6) is 0 Å². The van der Waals surface area contributed by atoms with E-state index in [2.05, 4.69) is 25.7 Å². The van der Waals surface area contributed by atoms with Crippen LogP contribution in [0.25, 0.3) is 0 Å². The van der Waals surface area contributed by atoms with Gasteiger partial charge in [0, 0.05) is 6.54 Å². The van der Waals surface area contributed by atoms with E-state index in [1.54, 1.807) is 0 Å². The Morgan fingerprint density at radius 3 is 2.12 bits per heavy atom. The Kier molecular flexibility index (Phi) is 11.3. The van der Waals surface area contributed by atoms with Gasteiger partial charge >= 0.3 is 0 Å². The quantitative estimate of drug-likeness (QED) is 0.549. The van der Waals surface area contributed by atoms with Gasteiger partial charge in [-0.05, 0) is 19.5 Å². The number of unbranched alkanes of at least 4 members (excludes halogenated alkanes) is 5. The highest BCUT2D eigenvalue weighted by atomic mass is 16.3. The molecular formula is C14H30NO. The van der Waals surface area contributed by atoms with Gasteiger partial charge in [-0.1, -0.05) is 59.3 Å². The maximum atomic E-state index is 9.83. The summed E-state index contributed by atoms with van der Waals surface area (Å²) in [6.07, 6.45) is 8.17. The first kappa shape index (κ1) is 15.9. The number of hydrogen-bond acceptors (Lipinski definition) is 2. The lowest BCUT2D eigenvalue weighted by Crippen LogP contribution is -2.32. The van der Waals surface area contributed by atoms with Gasteiger partial charge in [-0.3, -0.25) is 0 Å². The minimum absolute atomic E-state index is 0.132. The van der Waals surface area contributed by atoms with Crippen LogP contribution in [-0.4, -0.2) is 35.7 Å². The van der Waals surface area contributed by atoms with Crippen molar-refractivity contribution < 1.29 is 5.11 Å². The van der Waals surface area contributed by atoms with Crippen molar-refractivity contribution in [1.82, 2.24) is 4.90 Å². The molecule has 1 N–H and O–H groups in total. The second-order valence-electron chi connectivity index (χ2n) is 4.55. The molecule has 2 nitrogen and oxygen atoms in total. The van der Waals surface area contributed by atoms with E-state index in [-0.39, 0.29) is 6.10 Å². The van der Waals surface area contributed by atoms with Gasteiger partial charge in [0.05, 0.1) is 6.10 Å². The molecule has 2 heteroatoms. The molecule has 0 spiro atoms. The zero-order valence-corrected chi connectivity index (χ0v) is 11.2. The summed E-state index contributed by atoms with van der Waals surface area (Å²) in [6.45, 7) is 11.0. The van der Waals surface area contributed by atoms with E-state index in [4.69, 9.17) is 0 Å². The molecule has 0 aliphatic heterocycles. The van der Waals surface area contributed by atoms with Crippen LogP contribution >= 0.6 is 0 Å². The third-order valence-corrected chi connectivity index (χ3v) is 3.15. The molecule has 0 aromatic heterocycles. The fourth-order valence-electron chi connectivity index (χ4n) is 1.96. The monoisotopic (exact) mass is 228 g/mol. The predicted octanol–water partition coefficient (Wildman–Crippen LogP) is 3.25. The van der Waals surface area contributed by atoms with Crippen LogP contribution in [0.15, 0.2) is 0 Å². The molecule has 0 aromatic rings. The van der Waals surface area contributed by atoms with Crippen LogP contribution in [0.4, 0.5) is 0 Å². The molecule has 0 rings (SSSR count). The number of rotatable bonds is 11. The normalized spacial score (nSPS) is 13.3. The fourth-order valence-corrected chi connectivity index (χ4v) is 1.96. The van der Waals surface area contributed by atoms with Crippen LogP contribution in [0, 0.1) is 6.92 Å². The first-order valence-electron chi connectivity index (χ1n) is 6.94. The van der Waals surface area contributed by atoms with Gasteiger partial charge in [0.2, 0.25) is 0 Å². The lowest BCUT2D eigenvalue weighted by molar-refractivity contribution is 0.108. The van der Waals surface area contributed by atoms with E-state index in [9.17, 15) is 5.11 Å². The average molecular weight is 228 g/mol. The first-order chi connectivity index (χ1) is 7.74. The van der Waals surface area contributed by atoms with Crippen LogP contribution in [0.2, 0.25) is 0 Å². The Labute approximate surface area is 102 Å². The maximum Gasteiger partial charge on any atom is 0.0667 e. The molecule has 0 aliphatic rings. The number of likely N-dealkylation sites (N-methyl/N-ethyl adjacent to an activating group) is 1. The summed E-state index contributed by atoms with van der Waals surface area (Å²) in [6, 6.07) is 0. The van der Waals surface area contributed by atoms with Crippen molar-refractivity contribution in [2.24, 2.45) is 0 Å². The highest BCUT2D eigenvalue weighted by Crippen LogP contribution is 2.09. The lowest BCUT2D eigenvalue weighted by atomic mass is 10.1. The second kappa shape index (κ2) is 11.4. The third-order valence-electron chi connectivity index (χ3n) is 3.15. The minimum atomic E-state index is -0.132. The molecule has 0 bridgehead atoms. The van der Waals surface area contributed by atoms with Gasteiger partial charge in [0.1, 0.15) is 0 Å². The molecule has 16 heavy (non-hydrogen) atoms. The molecule has 0 aliphatic carbocycles. The molecule has 1 unspecified atom stereocenters. The van der Waals surface area contributed by atoms with E-state index in [0.717, 1.165) is 32.5 Å². The summed E-state index contributed by atoms with van der Waals surface area (Å²) in [5.74, 6) is 0. The van der Waals surface area contributed by atoms with E-state index in [1.165, 1.54) is 32.1 Å². The number of aliphatic hydroxyl groups excluding tert-OH is 1. The van der Waals surface area contributed by atoms with Crippen molar-refractivity contribution in [3.8, 4) is 0 Å². The van der Waals surface area contributed by atoms with Crippen molar-refractivity contribution in [1.29, 1.82) is 0 Å². The van der Waals surface area contributed by atoms with Gasteiger partial charge in [-0.25, -0.2) is 0 Å². The van der Waals surface area contributed by atoms with E-state index >= 15 is 0 Å². The largest absolute Gasteiger partial charge is 0.392 e. The second-order valence-corrected chi connectivity index (χ2v) is 4.55. The molecule has 0 aromatic carbocycles. The van der Waals surface area contributed by atoms with E-state index in [1.807, 2.05) is 0 Å². The molecule has 1 radical (unpaired) electrons. The van der Waals surface area contributed by atoms with Crippen molar-refractivity contribution >= 4 is 0 Å². The molecule has 0 amide bonds. The van der Waals surface area contributed by atoms with Crippen LogP contribution < -0.4 is 0 Å². The Hall–Kier alpha value is -0.0800. The third kappa shape index (κ3) is 9.17. The molecule has 1 atom stereocenters. The minimum Gasteiger partial charge on any atom is -0.392 e. The number of aliphatic hydroxyl groups is 1. The Balaban J connectivity index is 3.32. The molecule has 0 saturated carbocycles. The SMILES string of the molecule is [CH2]CCCCCCCC(O)CN(CC)CC. The molecule has 0 fully saturated rings. The van der Waals surface area contributed by atoms with Crippen molar-refractivity contribution in [3.05, 3.63) is 6.92 Å². The van der Waals surface area contributed by atoms with Crippen LogP contribution in [0.1, 0.15) is 58.8 Å². The summed E-state index contributed by atoms with van der Waals surface area (Å²) in [4.78, 5) is 2.29. The standard InChI is InChI=1S/C14H30NO/c1-4-7-8-9-10-11-12-14(16)13-15(5-2)6-3/h14,16H,1,4-13H2,2-3H3. The summed E-state index contributed by atoms with van der Waals surface area (Å²) in [5.41, 5.74) is 0. The summed E-state index contributed by atoms with van der Waals surface area (Å²) >= 11 is 0. The van der Waals surface area contributed by atoms with E-state index in [0.29, 0.717) is 0 Å². The smallest absolute Gasteiger partial charge is 0.0667 e. The Morgan fingerprint density at radius 1 is 1.00 bits per heavy atom. The summed E-state index contributed by atoms with van der Waals surface area (Å²) in [5, 5.41) is 9.83. The number of nitrogens with zero attached hydrogens (tertiary/aromatic N) is 1. The van der Waals surface area contributed by atoms with Crippen molar-refractivity contribution in [2.45, 2.75) is 64.9 Å². The Morgan fingerprint density at radius 2 is 1.56 bits per heavy atom. The van der Waals surface area contributed by atoms with Crippen LogP contribution in [-0.2, 0) is 0 Å². The molecule has 0 heterocycles. The van der Waals surface area contributed by atoms with Gasteiger partial charge < -0.3 is 10.0 Å². The van der Waals surface area contributed by atoms with Crippen molar-refractivity contribution in [3.63, 3.8) is 0 Å². The average Bonchev–Trinajstić information content (AvgIpc) is 2.30. The molecule has 0 saturated heterocycles. The molecular weight excluding hydrogens is 198 g/mol. The summed E-state index contributed by atoms with van der Waals surface area (Å²) in [7, 11) is 0. The van der Waals surface area contributed by atoms with Crippen molar-refractivity contribution in [2.75, 3.05) is 19.6 Å². The van der Waals surface area contributed by atoms with Gasteiger partial charge in [-0.2, -0.15) is 0 Å². The summed E-state index contributed by atoms with van der Waals surface area (Å²) < 4.78 is 0. The first-order valence-corrected chi connectivity index (χ1v) is 6.94. The van der Waals surface area contributed by atoms with Gasteiger partial charge in [0.25, 0.3) is 0 Å². The topological polar surface area (TPSA) is 23.5 Å². The van der Waals surface area contributed by atoms with E-state index < -0.39 is 0 Å². The lowest BCUT2D eigenvalue weighted by Gasteiger charge is -2.21. The Bertz CT molecular complexity index is 135. The zero-order chi connectivity index (χ0) is 12.2. The fraction of sp³-hybridized carbons (Fsp3) is 0.929. The predicted molar refractivity (Wildman–Crippen MR) is 71.5 cm³/mol. The van der Waals surface area contributed by atoms with Crippen LogP contribution in [0.3, 0.4) is 0 Å². The highest BCUT2D eigenvalue weighted by molar-refractivity contribution is 4.62. The van der Waals surface area contributed by atoms with Gasteiger partial charge in [0.15, 0.2) is 0 Å².